The van der Waals surface area contributed by atoms with Crippen molar-refractivity contribution in [2.24, 2.45) is 49.2 Å². The lowest BCUT2D eigenvalue weighted by molar-refractivity contribution is 0.0748. The summed E-state index contributed by atoms with van der Waals surface area (Å²) < 4.78 is 0. The Morgan fingerprint density at radius 2 is 1.29 bits per heavy atom. The van der Waals surface area contributed by atoms with E-state index >= 15 is 0 Å². The fraction of sp³-hybridized carbons (Fsp3) is 0.182. The van der Waals surface area contributed by atoms with E-state index in [0.717, 1.165) is 10.6 Å². The van der Waals surface area contributed by atoms with Gasteiger partial charge in [0.25, 0.3) is 11.8 Å². The summed E-state index contributed by atoms with van der Waals surface area (Å²) in [5.41, 5.74) is 24.4. The van der Waals surface area contributed by atoms with Gasteiger partial charge < -0.3 is 28.3 Å². The summed E-state index contributed by atoms with van der Waals surface area (Å²) in [7, 11) is 0. The molecule has 0 heterocycles. The monoisotopic (exact) mass is 479 g/mol. The molecule has 0 aliphatic carbocycles. The van der Waals surface area contributed by atoms with Crippen LogP contribution < -0.4 is 34.1 Å². The van der Waals surface area contributed by atoms with Crippen LogP contribution in [0.3, 0.4) is 0 Å². The first kappa shape index (κ1) is 26.5. The minimum Gasteiger partial charge on any atom is -0.369 e. The number of rotatable bonds is 9. The fourth-order valence-electron chi connectivity index (χ4n) is 2.78. The van der Waals surface area contributed by atoms with Gasteiger partial charge in [-0.3, -0.25) is 14.6 Å². The second-order valence-electron chi connectivity index (χ2n) is 7.33. The van der Waals surface area contributed by atoms with Crippen LogP contribution in [0.25, 0.3) is 0 Å². The number of hydrogen-bond acceptors (Lipinski definition) is 7. The van der Waals surface area contributed by atoms with E-state index in [1.165, 1.54) is 0 Å². The molecular formula is C22H29N11O2. The first-order valence-electron chi connectivity index (χ1n) is 10.4. The molecule has 2 aromatic carbocycles. The number of carbonyl (C=O) groups excluding carboxylic acids is 2. The van der Waals surface area contributed by atoms with Crippen LogP contribution in [-0.2, 0) is 0 Å². The van der Waals surface area contributed by atoms with E-state index < -0.39 is 5.91 Å². The molecule has 2 amide bonds. The molecule has 184 valence electrons. The normalized spacial score (nSPS) is 11.4. The summed E-state index contributed by atoms with van der Waals surface area (Å²) in [4.78, 5) is 25.1. The van der Waals surface area contributed by atoms with Gasteiger partial charge in [0.05, 0.1) is 18.0 Å². The standard InChI is InChI=1S/C22H29N11O2/c1-13(29-31-21(23)24)15-6-8-16(9-7-15)20(35)33(27)11-10-28-19(34)18-5-3-4-17(12-18)14(2)30-32-22(25)26/h3-9,12H,10-11,27H2,1-2H3,(H,28,34)(H4,23,24,31)(H4,25,26,32)/b29-13+,30-14+. The number of carbonyl (C=O) groups is 2. The Balaban J connectivity index is 1.94. The van der Waals surface area contributed by atoms with E-state index in [1.807, 2.05) is 0 Å². The number of nitrogens with two attached hydrogens (primary N) is 5. The smallest absolute Gasteiger partial charge is 0.267 e. The van der Waals surface area contributed by atoms with Gasteiger partial charge in [-0.25, -0.2) is 5.84 Å². The Bertz CT molecular complexity index is 1180. The van der Waals surface area contributed by atoms with Crippen LogP contribution >= 0.6 is 0 Å². The van der Waals surface area contributed by atoms with Crippen LogP contribution in [0.4, 0.5) is 0 Å². The maximum absolute atomic E-state index is 12.6. The molecule has 0 aliphatic rings. The highest BCUT2D eigenvalue weighted by molar-refractivity contribution is 6.02. The molecule has 0 saturated heterocycles. The van der Waals surface area contributed by atoms with Gasteiger partial charge in [0.1, 0.15) is 0 Å². The second-order valence-corrected chi connectivity index (χ2v) is 7.33. The molecule has 0 spiro atoms. The van der Waals surface area contributed by atoms with Gasteiger partial charge in [0.2, 0.25) is 11.9 Å². The Labute approximate surface area is 202 Å². The van der Waals surface area contributed by atoms with Crippen molar-refractivity contribution in [3.8, 4) is 0 Å². The number of guanidine groups is 2. The molecule has 0 atom stereocenters. The van der Waals surface area contributed by atoms with Gasteiger partial charge in [-0.05, 0) is 49.2 Å². The van der Waals surface area contributed by atoms with Crippen molar-refractivity contribution in [1.29, 1.82) is 0 Å². The summed E-state index contributed by atoms with van der Waals surface area (Å²) >= 11 is 0. The van der Waals surface area contributed by atoms with E-state index in [0.29, 0.717) is 28.1 Å². The highest BCUT2D eigenvalue weighted by Crippen LogP contribution is 2.09. The van der Waals surface area contributed by atoms with E-state index in [1.54, 1.807) is 62.4 Å². The van der Waals surface area contributed by atoms with Crippen LogP contribution in [-0.4, -0.2) is 53.3 Å². The van der Waals surface area contributed by atoms with Gasteiger partial charge in [-0.15, -0.1) is 10.2 Å². The lowest BCUT2D eigenvalue weighted by Gasteiger charge is -2.17. The van der Waals surface area contributed by atoms with Crippen LogP contribution in [0.5, 0.6) is 0 Å². The Morgan fingerprint density at radius 1 is 0.771 bits per heavy atom. The molecule has 2 aromatic rings. The summed E-state index contributed by atoms with van der Waals surface area (Å²) in [5.74, 6) is 4.84. The summed E-state index contributed by atoms with van der Waals surface area (Å²) in [6.45, 7) is 3.69. The molecular weight excluding hydrogens is 450 g/mol. The third-order valence-electron chi connectivity index (χ3n) is 4.62. The Kier molecular flexibility index (Phi) is 9.42. The molecule has 11 N–H and O–H groups in total. The molecule has 0 saturated carbocycles. The zero-order valence-corrected chi connectivity index (χ0v) is 19.5. The number of benzene rings is 2. The zero-order chi connectivity index (χ0) is 26.0. The first-order chi connectivity index (χ1) is 16.6. The van der Waals surface area contributed by atoms with Crippen molar-refractivity contribution in [2.45, 2.75) is 13.8 Å². The number of nitrogens with one attached hydrogen (secondary N) is 1. The van der Waals surface area contributed by atoms with Gasteiger partial charge in [-0.1, -0.05) is 24.3 Å². The van der Waals surface area contributed by atoms with Crippen LogP contribution in [0.2, 0.25) is 0 Å². The van der Waals surface area contributed by atoms with Crippen LogP contribution in [0.1, 0.15) is 45.7 Å². The van der Waals surface area contributed by atoms with Gasteiger partial charge in [0, 0.05) is 17.7 Å². The number of nitrogens with zero attached hydrogens (tertiary/aromatic N) is 5. The summed E-state index contributed by atoms with van der Waals surface area (Å²) in [5, 5.41) is 18.7. The van der Waals surface area contributed by atoms with Gasteiger partial charge in [0.15, 0.2) is 0 Å². The van der Waals surface area contributed by atoms with Crippen molar-refractivity contribution >= 4 is 35.2 Å². The predicted octanol–water partition coefficient (Wildman–Crippen LogP) is -0.573. The van der Waals surface area contributed by atoms with Crippen molar-refractivity contribution < 1.29 is 9.59 Å². The molecule has 2 rings (SSSR count). The minimum atomic E-state index is -0.404. The molecule has 0 fully saturated rings. The van der Waals surface area contributed by atoms with Crippen molar-refractivity contribution in [1.82, 2.24) is 10.3 Å². The molecule has 0 unspecified atom stereocenters. The quantitative estimate of drug-likeness (QED) is 0.0900. The maximum Gasteiger partial charge on any atom is 0.267 e. The van der Waals surface area contributed by atoms with Gasteiger partial charge in [-0.2, -0.15) is 10.2 Å². The van der Waals surface area contributed by atoms with E-state index in [2.05, 4.69) is 25.7 Å². The van der Waals surface area contributed by atoms with Crippen molar-refractivity contribution in [3.63, 3.8) is 0 Å². The molecule has 13 heteroatoms. The molecule has 0 radical (unpaired) electrons. The number of hydrogen-bond donors (Lipinski definition) is 6. The predicted molar refractivity (Wildman–Crippen MR) is 136 cm³/mol. The fourth-order valence-corrected chi connectivity index (χ4v) is 2.78. The number of amides is 2. The molecule has 0 bridgehead atoms. The zero-order valence-electron chi connectivity index (χ0n) is 19.5. The van der Waals surface area contributed by atoms with E-state index in [-0.39, 0.29) is 30.9 Å². The lowest BCUT2D eigenvalue weighted by atomic mass is 10.1. The Hall–Kier alpha value is -4.78. The minimum absolute atomic E-state index is 0.0992. The van der Waals surface area contributed by atoms with Crippen molar-refractivity contribution in [3.05, 3.63) is 70.8 Å². The summed E-state index contributed by atoms with van der Waals surface area (Å²) in [6, 6.07) is 13.4. The van der Waals surface area contributed by atoms with Crippen LogP contribution in [0.15, 0.2) is 68.9 Å². The van der Waals surface area contributed by atoms with Crippen molar-refractivity contribution in [2.75, 3.05) is 13.1 Å². The van der Waals surface area contributed by atoms with E-state index in [9.17, 15) is 9.59 Å². The molecule has 35 heavy (non-hydrogen) atoms. The highest BCUT2D eigenvalue weighted by Gasteiger charge is 2.14. The molecule has 0 aromatic heterocycles. The van der Waals surface area contributed by atoms with Gasteiger partial charge >= 0.3 is 0 Å². The highest BCUT2D eigenvalue weighted by atomic mass is 16.2. The maximum atomic E-state index is 12.6. The average Bonchev–Trinajstić information content (AvgIpc) is 2.85. The SMILES string of the molecule is C/C(=N\N=C(N)N)c1ccc(C(=O)N(N)CCNC(=O)c2cccc(/C(C)=N/N=C(N)N)c2)cc1. The lowest BCUT2D eigenvalue weighted by Crippen LogP contribution is -2.43. The topological polar surface area (TPSA) is 229 Å². The first-order valence-corrected chi connectivity index (χ1v) is 10.4. The average molecular weight is 480 g/mol. The Morgan fingerprint density at radius 3 is 1.86 bits per heavy atom. The largest absolute Gasteiger partial charge is 0.369 e. The third kappa shape index (κ3) is 8.25. The number of hydrazine groups is 1. The molecule has 0 aliphatic heterocycles. The second kappa shape index (κ2) is 12.5. The molecule has 13 nitrogen and oxygen atoms in total. The third-order valence-corrected chi connectivity index (χ3v) is 4.62. The van der Waals surface area contributed by atoms with Crippen LogP contribution in [0, 0.1) is 0 Å². The van der Waals surface area contributed by atoms with E-state index in [4.69, 9.17) is 28.8 Å². The summed E-state index contributed by atoms with van der Waals surface area (Å²) in [6.07, 6.45) is 0.